The van der Waals surface area contributed by atoms with Crippen LogP contribution in [0.2, 0.25) is 0 Å². The number of rotatable bonds is 6. The summed E-state index contributed by atoms with van der Waals surface area (Å²) in [4.78, 5) is 18.2. The normalized spacial score (nSPS) is 11.3. The van der Waals surface area contributed by atoms with Gasteiger partial charge in [0.05, 0.1) is 4.90 Å². The Kier molecular flexibility index (Phi) is 5.15. The van der Waals surface area contributed by atoms with Crippen LogP contribution >= 0.6 is 0 Å². The van der Waals surface area contributed by atoms with E-state index in [1.54, 1.807) is 36.5 Å². The lowest BCUT2D eigenvalue weighted by Gasteiger charge is -2.10. The zero-order valence-corrected chi connectivity index (χ0v) is 14.8. The molecular weight excluding hydrogens is 354 g/mol. The van der Waals surface area contributed by atoms with Gasteiger partial charge in [-0.15, -0.1) is 4.83 Å². The maximum atomic E-state index is 12.1. The number of carbonyl (C=O) groups is 1. The Labute approximate surface area is 151 Å². The van der Waals surface area contributed by atoms with Crippen molar-refractivity contribution in [1.29, 1.82) is 0 Å². The van der Waals surface area contributed by atoms with Crippen LogP contribution in [-0.2, 0) is 14.8 Å². The minimum Gasteiger partial charge on any atom is -0.481 e. The van der Waals surface area contributed by atoms with Crippen LogP contribution in [0.3, 0.4) is 0 Å². The van der Waals surface area contributed by atoms with E-state index in [0.29, 0.717) is 11.3 Å². The van der Waals surface area contributed by atoms with Crippen molar-refractivity contribution in [2.45, 2.75) is 11.8 Å². The molecule has 3 aromatic rings. The first-order chi connectivity index (χ1) is 12.5. The summed E-state index contributed by atoms with van der Waals surface area (Å²) in [5, 5.41) is 0.880. The van der Waals surface area contributed by atoms with E-state index in [9.17, 15) is 13.2 Å². The Hall–Kier alpha value is -2.97. The maximum absolute atomic E-state index is 12.1. The van der Waals surface area contributed by atoms with Crippen LogP contribution in [0.4, 0.5) is 0 Å². The zero-order valence-electron chi connectivity index (χ0n) is 14.0. The van der Waals surface area contributed by atoms with Crippen LogP contribution in [0.15, 0.2) is 65.7 Å². The van der Waals surface area contributed by atoms with Gasteiger partial charge < -0.3 is 4.74 Å². The van der Waals surface area contributed by atoms with Crippen molar-refractivity contribution in [3.8, 4) is 5.75 Å². The monoisotopic (exact) mass is 371 g/mol. The Balaban J connectivity index is 1.60. The molecule has 0 aliphatic carbocycles. The van der Waals surface area contributed by atoms with Gasteiger partial charge in [-0.1, -0.05) is 35.9 Å². The Morgan fingerprint density at radius 3 is 2.58 bits per heavy atom. The molecule has 0 radical (unpaired) electrons. The minimum atomic E-state index is -3.84. The molecule has 8 heteroatoms. The molecule has 134 valence electrons. The number of nitrogens with zero attached hydrogens (tertiary/aromatic N) is 1. The molecule has 7 nitrogen and oxygen atoms in total. The van der Waals surface area contributed by atoms with Crippen molar-refractivity contribution in [2.24, 2.45) is 0 Å². The summed E-state index contributed by atoms with van der Waals surface area (Å²) in [6.45, 7) is 1.50. The van der Waals surface area contributed by atoms with Gasteiger partial charge in [-0.05, 0) is 31.2 Å². The molecule has 0 aliphatic rings. The number of pyridine rings is 1. The summed E-state index contributed by atoms with van der Waals surface area (Å²) < 4.78 is 29.7. The number of hydrogen-bond acceptors (Lipinski definition) is 5. The molecule has 2 aromatic carbocycles. The average molecular weight is 371 g/mol. The van der Waals surface area contributed by atoms with Crippen LogP contribution < -0.4 is 15.0 Å². The van der Waals surface area contributed by atoms with Gasteiger partial charge in [0.1, 0.15) is 11.3 Å². The highest BCUT2D eigenvalue weighted by Gasteiger charge is 2.15. The number of hydrazine groups is 1. The van der Waals surface area contributed by atoms with E-state index in [-0.39, 0.29) is 11.5 Å². The number of fused-ring (bicyclic) bond motifs is 1. The fourth-order valence-electron chi connectivity index (χ4n) is 2.27. The quantitative estimate of drug-likeness (QED) is 0.646. The Morgan fingerprint density at radius 2 is 1.81 bits per heavy atom. The predicted molar refractivity (Wildman–Crippen MR) is 96.9 cm³/mol. The third-order valence-electron chi connectivity index (χ3n) is 3.61. The standard InChI is InChI=1S/C18H17N3O4S/c1-13-7-9-15(10-8-13)26(23,24)21-20-17(22)12-25-16-6-2-4-14-5-3-11-19-18(14)16/h2-11,21H,12H2,1H3,(H,20,22). The van der Waals surface area contributed by atoms with Gasteiger partial charge in [-0.25, -0.2) is 8.42 Å². The molecule has 0 fully saturated rings. The summed E-state index contributed by atoms with van der Waals surface area (Å²) in [5.74, 6) is -0.187. The summed E-state index contributed by atoms with van der Waals surface area (Å²) in [5.41, 5.74) is 3.70. The lowest BCUT2D eigenvalue weighted by molar-refractivity contribution is -0.123. The number of para-hydroxylation sites is 1. The van der Waals surface area contributed by atoms with Gasteiger partial charge in [0.25, 0.3) is 15.9 Å². The molecule has 0 saturated heterocycles. The number of hydrogen-bond donors (Lipinski definition) is 2. The van der Waals surface area contributed by atoms with Crippen LogP contribution in [0.5, 0.6) is 5.75 Å². The van der Waals surface area contributed by atoms with E-state index in [4.69, 9.17) is 4.74 Å². The first-order valence-corrected chi connectivity index (χ1v) is 9.28. The number of carbonyl (C=O) groups excluding carboxylic acids is 1. The topological polar surface area (TPSA) is 97.4 Å². The fourth-order valence-corrected chi connectivity index (χ4v) is 3.13. The summed E-state index contributed by atoms with van der Waals surface area (Å²) in [6, 6.07) is 15.3. The van der Waals surface area contributed by atoms with Crippen molar-refractivity contribution >= 4 is 26.8 Å². The molecule has 1 amide bonds. The van der Waals surface area contributed by atoms with E-state index in [0.717, 1.165) is 10.9 Å². The van der Waals surface area contributed by atoms with Gasteiger partial charge in [-0.2, -0.15) is 0 Å². The van der Waals surface area contributed by atoms with Gasteiger partial charge in [0, 0.05) is 11.6 Å². The highest BCUT2D eigenvalue weighted by atomic mass is 32.2. The average Bonchev–Trinajstić information content (AvgIpc) is 2.65. The predicted octanol–water partition coefficient (Wildman–Crippen LogP) is 1.93. The number of aromatic nitrogens is 1. The number of ether oxygens (including phenoxy) is 1. The van der Waals surface area contributed by atoms with Crippen molar-refractivity contribution in [3.63, 3.8) is 0 Å². The lowest BCUT2D eigenvalue weighted by Crippen LogP contribution is -2.43. The second-order valence-corrected chi connectivity index (χ2v) is 7.27. The zero-order chi connectivity index (χ0) is 18.6. The summed E-state index contributed by atoms with van der Waals surface area (Å²) in [7, 11) is -3.84. The molecule has 0 unspecified atom stereocenters. The summed E-state index contributed by atoms with van der Waals surface area (Å²) in [6.07, 6.45) is 1.63. The van der Waals surface area contributed by atoms with E-state index < -0.39 is 15.9 Å². The largest absolute Gasteiger partial charge is 0.481 e. The van der Waals surface area contributed by atoms with Gasteiger partial charge in [-0.3, -0.25) is 15.2 Å². The highest BCUT2D eigenvalue weighted by molar-refractivity contribution is 7.89. The molecular formula is C18H17N3O4S. The second kappa shape index (κ2) is 7.51. The van der Waals surface area contributed by atoms with E-state index in [1.165, 1.54) is 12.1 Å². The number of amides is 1. The van der Waals surface area contributed by atoms with Gasteiger partial charge >= 0.3 is 0 Å². The molecule has 0 saturated carbocycles. The van der Waals surface area contributed by atoms with Crippen molar-refractivity contribution in [1.82, 2.24) is 15.2 Å². The third-order valence-corrected chi connectivity index (χ3v) is 4.87. The Morgan fingerprint density at radius 1 is 1.08 bits per heavy atom. The number of benzene rings is 2. The maximum Gasteiger partial charge on any atom is 0.272 e. The van der Waals surface area contributed by atoms with Crippen LogP contribution in [-0.4, -0.2) is 25.9 Å². The molecule has 0 atom stereocenters. The lowest BCUT2D eigenvalue weighted by atomic mass is 10.2. The Bertz CT molecular complexity index is 1030. The first kappa shape index (κ1) is 17.8. The molecule has 1 heterocycles. The van der Waals surface area contributed by atoms with Crippen LogP contribution in [0.1, 0.15) is 5.56 Å². The number of aryl methyl sites for hydroxylation is 1. The van der Waals surface area contributed by atoms with Crippen molar-refractivity contribution in [3.05, 3.63) is 66.4 Å². The fraction of sp³-hybridized carbons (Fsp3) is 0.111. The van der Waals surface area contributed by atoms with Crippen molar-refractivity contribution in [2.75, 3.05) is 6.61 Å². The molecule has 3 rings (SSSR count). The smallest absolute Gasteiger partial charge is 0.272 e. The van der Waals surface area contributed by atoms with E-state index in [2.05, 4.69) is 10.4 Å². The minimum absolute atomic E-state index is 0.0579. The van der Waals surface area contributed by atoms with Gasteiger partial charge in [0.15, 0.2) is 6.61 Å². The van der Waals surface area contributed by atoms with Gasteiger partial charge in [0.2, 0.25) is 0 Å². The molecule has 2 N–H and O–H groups in total. The van der Waals surface area contributed by atoms with Crippen LogP contribution in [0, 0.1) is 6.92 Å². The second-order valence-electron chi connectivity index (χ2n) is 5.59. The number of nitrogens with one attached hydrogen (secondary N) is 2. The van der Waals surface area contributed by atoms with Crippen molar-refractivity contribution < 1.29 is 17.9 Å². The molecule has 0 aliphatic heterocycles. The summed E-state index contributed by atoms with van der Waals surface area (Å²) >= 11 is 0. The first-order valence-electron chi connectivity index (χ1n) is 7.79. The molecule has 0 bridgehead atoms. The van der Waals surface area contributed by atoms with Crippen LogP contribution in [0.25, 0.3) is 10.9 Å². The van der Waals surface area contributed by atoms with E-state index >= 15 is 0 Å². The van der Waals surface area contributed by atoms with E-state index in [1.807, 2.05) is 23.9 Å². The third kappa shape index (κ3) is 4.16. The molecule has 0 spiro atoms. The molecule has 26 heavy (non-hydrogen) atoms. The SMILES string of the molecule is Cc1ccc(S(=O)(=O)NNC(=O)COc2cccc3cccnc23)cc1. The molecule has 1 aromatic heterocycles. The highest BCUT2D eigenvalue weighted by Crippen LogP contribution is 2.22. The number of sulfonamides is 1.